The summed E-state index contributed by atoms with van der Waals surface area (Å²) >= 11 is 0. The Bertz CT molecular complexity index is 602. The molecule has 0 amide bonds. The van der Waals surface area contributed by atoms with Gasteiger partial charge in [-0.1, -0.05) is 6.07 Å². The fourth-order valence-corrected chi connectivity index (χ4v) is 2.43. The van der Waals surface area contributed by atoms with Gasteiger partial charge in [-0.05, 0) is 31.5 Å². The van der Waals surface area contributed by atoms with Crippen LogP contribution in [0.15, 0.2) is 18.2 Å². The monoisotopic (exact) mass is 260 g/mol. The zero-order chi connectivity index (χ0) is 13.2. The molecule has 6 heteroatoms. The van der Waals surface area contributed by atoms with Crippen molar-refractivity contribution in [2.45, 2.75) is 18.8 Å². The van der Waals surface area contributed by atoms with Crippen molar-refractivity contribution in [3.8, 4) is 0 Å². The van der Waals surface area contributed by atoms with E-state index in [1.807, 2.05) is 6.07 Å². The smallest absolute Gasteiger partial charge is 0.356 e. The van der Waals surface area contributed by atoms with Crippen LogP contribution in [0.5, 0.6) is 0 Å². The van der Waals surface area contributed by atoms with Crippen LogP contribution in [0.2, 0.25) is 0 Å². The van der Waals surface area contributed by atoms with Crippen molar-refractivity contribution in [1.82, 2.24) is 19.9 Å². The molecule has 100 valence electrons. The molecule has 1 aliphatic heterocycles. The van der Waals surface area contributed by atoms with Gasteiger partial charge in [-0.2, -0.15) is 5.10 Å². The Morgan fingerprint density at radius 3 is 3.16 bits per heavy atom. The van der Waals surface area contributed by atoms with Gasteiger partial charge in [-0.15, -0.1) is 0 Å². The topological polar surface area (TPSA) is 68.5 Å². The Morgan fingerprint density at radius 2 is 2.42 bits per heavy atom. The van der Waals surface area contributed by atoms with E-state index >= 15 is 0 Å². The first-order chi connectivity index (χ1) is 9.29. The second-order valence-corrected chi connectivity index (χ2v) is 4.69. The van der Waals surface area contributed by atoms with E-state index in [0.717, 1.165) is 31.8 Å². The molecule has 3 heterocycles. The minimum absolute atomic E-state index is 0.319. The van der Waals surface area contributed by atoms with E-state index in [1.54, 1.807) is 16.6 Å². The van der Waals surface area contributed by atoms with E-state index in [0.29, 0.717) is 17.3 Å². The number of nitrogens with zero attached hydrogens (tertiary/aromatic N) is 3. The molecule has 1 saturated heterocycles. The Kier molecular flexibility index (Phi) is 3.16. The SMILES string of the molecule is COC(=O)c1cccc2nc(C3CCCNC3)nn12. The minimum atomic E-state index is -0.399. The van der Waals surface area contributed by atoms with Gasteiger partial charge >= 0.3 is 5.97 Å². The Balaban J connectivity index is 2.02. The van der Waals surface area contributed by atoms with Crippen LogP contribution in [0.4, 0.5) is 0 Å². The number of rotatable bonds is 2. The number of fused-ring (bicyclic) bond motifs is 1. The van der Waals surface area contributed by atoms with Gasteiger partial charge in [0.2, 0.25) is 0 Å². The molecule has 19 heavy (non-hydrogen) atoms. The second-order valence-electron chi connectivity index (χ2n) is 4.69. The highest BCUT2D eigenvalue weighted by Crippen LogP contribution is 2.21. The molecule has 0 radical (unpaired) electrons. The molecule has 2 aromatic heterocycles. The molecule has 0 aromatic carbocycles. The highest BCUT2D eigenvalue weighted by Gasteiger charge is 2.21. The van der Waals surface area contributed by atoms with Crippen LogP contribution >= 0.6 is 0 Å². The molecule has 0 spiro atoms. The summed E-state index contributed by atoms with van der Waals surface area (Å²) in [5.41, 5.74) is 1.09. The zero-order valence-corrected chi connectivity index (χ0v) is 10.8. The summed E-state index contributed by atoms with van der Waals surface area (Å²) in [6.07, 6.45) is 2.21. The lowest BCUT2D eigenvalue weighted by molar-refractivity contribution is 0.0591. The summed E-state index contributed by atoms with van der Waals surface area (Å²) < 4.78 is 6.32. The Morgan fingerprint density at radius 1 is 1.53 bits per heavy atom. The third kappa shape index (κ3) is 2.19. The Labute approximate surface area is 110 Å². The largest absolute Gasteiger partial charge is 0.464 e. The molecule has 1 fully saturated rings. The number of ether oxygens (including phenoxy) is 1. The molecule has 6 nitrogen and oxygen atoms in total. The number of carbonyl (C=O) groups is 1. The molecule has 1 atom stereocenters. The fourth-order valence-electron chi connectivity index (χ4n) is 2.43. The summed E-state index contributed by atoms with van der Waals surface area (Å²) in [7, 11) is 1.37. The van der Waals surface area contributed by atoms with Crippen LogP contribution in [0, 0.1) is 0 Å². The molecule has 1 aliphatic rings. The molecule has 0 aliphatic carbocycles. The number of hydrogen-bond donors (Lipinski definition) is 1. The second kappa shape index (κ2) is 4.97. The highest BCUT2D eigenvalue weighted by molar-refractivity contribution is 5.88. The molecular weight excluding hydrogens is 244 g/mol. The van der Waals surface area contributed by atoms with E-state index < -0.39 is 5.97 Å². The first-order valence-corrected chi connectivity index (χ1v) is 6.44. The van der Waals surface area contributed by atoms with Gasteiger partial charge in [0.15, 0.2) is 17.2 Å². The normalized spacial score (nSPS) is 19.5. The number of carbonyl (C=O) groups excluding carboxylic acids is 1. The quantitative estimate of drug-likeness (QED) is 0.815. The maximum Gasteiger partial charge on any atom is 0.356 e. The number of methoxy groups -OCH3 is 1. The summed E-state index contributed by atoms with van der Waals surface area (Å²) in [5, 5.41) is 7.82. The molecular formula is C13H16N4O2. The summed E-state index contributed by atoms with van der Waals surface area (Å²) in [6.45, 7) is 1.95. The molecule has 1 N–H and O–H groups in total. The van der Waals surface area contributed by atoms with E-state index in [9.17, 15) is 4.79 Å². The minimum Gasteiger partial charge on any atom is -0.464 e. The number of pyridine rings is 1. The fraction of sp³-hybridized carbons (Fsp3) is 0.462. The van der Waals surface area contributed by atoms with E-state index in [4.69, 9.17) is 4.74 Å². The van der Waals surface area contributed by atoms with Crippen molar-refractivity contribution in [2.75, 3.05) is 20.2 Å². The average Bonchev–Trinajstić information content (AvgIpc) is 2.91. The predicted molar refractivity (Wildman–Crippen MR) is 69.2 cm³/mol. The van der Waals surface area contributed by atoms with Gasteiger partial charge in [0.25, 0.3) is 0 Å². The van der Waals surface area contributed by atoms with Crippen molar-refractivity contribution >= 4 is 11.6 Å². The molecule has 3 rings (SSSR count). The van der Waals surface area contributed by atoms with Crippen LogP contribution in [0.25, 0.3) is 5.65 Å². The molecule has 2 aromatic rings. The number of nitrogens with one attached hydrogen (secondary N) is 1. The van der Waals surface area contributed by atoms with Gasteiger partial charge < -0.3 is 10.1 Å². The highest BCUT2D eigenvalue weighted by atomic mass is 16.5. The van der Waals surface area contributed by atoms with Gasteiger partial charge in [-0.3, -0.25) is 0 Å². The first-order valence-electron chi connectivity index (χ1n) is 6.44. The van der Waals surface area contributed by atoms with E-state index in [2.05, 4.69) is 15.4 Å². The zero-order valence-electron chi connectivity index (χ0n) is 10.8. The maximum absolute atomic E-state index is 11.7. The van der Waals surface area contributed by atoms with Crippen LogP contribution in [0.3, 0.4) is 0 Å². The van der Waals surface area contributed by atoms with Crippen molar-refractivity contribution < 1.29 is 9.53 Å². The Hall–Kier alpha value is -1.95. The molecule has 1 unspecified atom stereocenters. The lowest BCUT2D eigenvalue weighted by atomic mass is 9.99. The summed E-state index contributed by atoms with van der Waals surface area (Å²) in [5.74, 6) is 0.714. The van der Waals surface area contributed by atoms with Crippen molar-refractivity contribution in [1.29, 1.82) is 0 Å². The van der Waals surface area contributed by atoms with Gasteiger partial charge in [-0.25, -0.2) is 14.3 Å². The average molecular weight is 260 g/mol. The van der Waals surface area contributed by atoms with Crippen molar-refractivity contribution in [2.24, 2.45) is 0 Å². The van der Waals surface area contributed by atoms with E-state index in [1.165, 1.54) is 7.11 Å². The summed E-state index contributed by atoms with van der Waals surface area (Å²) in [6, 6.07) is 5.33. The van der Waals surface area contributed by atoms with Gasteiger partial charge in [0.05, 0.1) is 7.11 Å². The van der Waals surface area contributed by atoms with Crippen LogP contribution in [-0.2, 0) is 4.74 Å². The number of aromatic nitrogens is 3. The van der Waals surface area contributed by atoms with Gasteiger partial charge in [0, 0.05) is 12.5 Å². The summed E-state index contributed by atoms with van der Waals surface area (Å²) in [4.78, 5) is 16.2. The lowest BCUT2D eigenvalue weighted by Gasteiger charge is -2.19. The maximum atomic E-state index is 11.7. The third-order valence-corrected chi connectivity index (χ3v) is 3.43. The third-order valence-electron chi connectivity index (χ3n) is 3.43. The predicted octanol–water partition coefficient (Wildman–Crippen LogP) is 0.983. The number of esters is 1. The van der Waals surface area contributed by atoms with Crippen LogP contribution in [0.1, 0.15) is 35.1 Å². The first kappa shape index (κ1) is 12.1. The standard InChI is InChI=1S/C13H16N4O2/c1-19-13(18)10-5-2-6-11-15-12(16-17(10)11)9-4-3-7-14-8-9/h2,5-6,9,14H,3-4,7-8H2,1H3. The van der Waals surface area contributed by atoms with Crippen LogP contribution in [-0.4, -0.2) is 40.8 Å². The number of hydrogen-bond acceptors (Lipinski definition) is 5. The van der Waals surface area contributed by atoms with E-state index in [-0.39, 0.29) is 0 Å². The molecule has 0 bridgehead atoms. The van der Waals surface area contributed by atoms with Crippen molar-refractivity contribution in [3.05, 3.63) is 29.7 Å². The molecule has 0 saturated carbocycles. The van der Waals surface area contributed by atoms with Crippen LogP contribution < -0.4 is 5.32 Å². The lowest BCUT2D eigenvalue weighted by Crippen LogP contribution is -2.29. The van der Waals surface area contributed by atoms with Gasteiger partial charge in [0.1, 0.15) is 0 Å². The number of piperidine rings is 1. The van der Waals surface area contributed by atoms with Crippen molar-refractivity contribution in [3.63, 3.8) is 0 Å².